The number of amides is 1. The second kappa shape index (κ2) is 4.43. The molecule has 0 fully saturated rings. The normalized spacial score (nSPS) is 9.21. The Morgan fingerprint density at radius 1 is 1.50 bits per heavy atom. The van der Waals surface area contributed by atoms with Crippen LogP contribution in [0.2, 0.25) is 5.02 Å². The van der Waals surface area contributed by atoms with Gasteiger partial charge in [-0.3, -0.25) is 25.8 Å². The standard InChI is InChI=1S/C7H6ClN3O3/c8-6-3-5(11(13)14)1-2-7(6)10-9-4-12/h1-4,10H,(H,9,12). The molecule has 0 aromatic heterocycles. The number of carbonyl (C=O) groups excluding carboxylic acids is 1. The maximum atomic E-state index is 10.3. The molecule has 0 bridgehead atoms. The van der Waals surface area contributed by atoms with Crippen LogP contribution in [0.4, 0.5) is 11.4 Å². The van der Waals surface area contributed by atoms with Crippen LogP contribution < -0.4 is 10.9 Å². The molecule has 0 heterocycles. The second-order valence-corrected chi connectivity index (χ2v) is 2.72. The molecule has 0 aliphatic rings. The molecular formula is C7H6ClN3O3. The third-order valence-electron chi connectivity index (χ3n) is 1.43. The van der Waals surface area contributed by atoms with Crippen molar-refractivity contribution in [2.45, 2.75) is 0 Å². The van der Waals surface area contributed by atoms with Crippen molar-refractivity contribution < 1.29 is 9.72 Å². The Bertz CT molecular complexity index is 369. The fourth-order valence-electron chi connectivity index (χ4n) is 0.826. The highest BCUT2D eigenvalue weighted by Gasteiger charge is 2.08. The Kier molecular flexibility index (Phi) is 3.24. The van der Waals surface area contributed by atoms with Gasteiger partial charge in [0.05, 0.1) is 15.6 Å². The largest absolute Gasteiger partial charge is 0.297 e. The van der Waals surface area contributed by atoms with E-state index in [0.717, 1.165) is 0 Å². The van der Waals surface area contributed by atoms with Crippen LogP contribution in [0.1, 0.15) is 0 Å². The smallest absolute Gasteiger partial charge is 0.271 e. The minimum Gasteiger partial charge on any atom is -0.297 e. The number of nitro benzene ring substituents is 1. The van der Waals surface area contributed by atoms with E-state index in [0.29, 0.717) is 12.1 Å². The van der Waals surface area contributed by atoms with Gasteiger partial charge in [-0.15, -0.1) is 0 Å². The Morgan fingerprint density at radius 3 is 2.71 bits per heavy atom. The van der Waals surface area contributed by atoms with E-state index in [4.69, 9.17) is 11.6 Å². The van der Waals surface area contributed by atoms with E-state index in [9.17, 15) is 14.9 Å². The molecule has 0 radical (unpaired) electrons. The molecule has 2 N–H and O–H groups in total. The van der Waals surface area contributed by atoms with E-state index in [-0.39, 0.29) is 10.7 Å². The molecule has 0 aliphatic carbocycles. The number of hydrogen-bond donors (Lipinski definition) is 2. The number of carbonyl (C=O) groups is 1. The second-order valence-electron chi connectivity index (χ2n) is 2.31. The van der Waals surface area contributed by atoms with Gasteiger partial charge in [0.15, 0.2) is 0 Å². The highest BCUT2D eigenvalue weighted by molar-refractivity contribution is 6.33. The molecule has 0 atom stereocenters. The molecule has 0 saturated carbocycles. The van der Waals surface area contributed by atoms with Gasteiger partial charge < -0.3 is 0 Å². The van der Waals surface area contributed by atoms with E-state index in [1.165, 1.54) is 18.2 Å². The van der Waals surface area contributed by atoms with Crippen molar-refractivity contribution in [1.82, 2.24) is 5.43 Å². The number of hydrazine groups is 1. The van der Waals surface area contributed by atoms with Gasteiger partial charge in [0.25, 0.3) is 5.69 Å². The van der Waals surface area contributed by atoms with Gasteiger partial charge in [-0.05, 0) is 6.07 Å². The fourth-order valence-corrected chi connectivity index (χ4v) is 1.05. The lowest BCUT2D eigenvalue weighted by atomic mass is 10.3. The molecule has 14 heavy (non-hydrogen) atoms. The van der Waals surface area contributed by atoms with E-state index in [1.54, 1.807) is 0 Å². The molecule has 7 heteroatoms. The van der Waals surface area contributed by atoms with Crippen LogP contribution in [0.25, 0.3) is 0 Å². The Balaban J connectivity index is 2.89. The molecule has 1 aromatic carbocycles. The number of rotatable bonds is 4. The first kappa shape index (κ1) is 10.3. The summed E-state index contributed by atoms with van der Waals surface area (Å²) in [5.74, 6) is 0. The van der Waals surface area contributed by atoms with Crippen LogP contribution in [-0.2, 0) is 4.79 Å². The zero-order chi connectivity index (χ0) is 10.6. The van der Waals surface area contributed by atoms with Crippen LogP contribution in [0.3, 0.4) is 0 Å². The zero-order valence-corrected chi connectivity index (χ0v) is 7.62. The SMILES string of the molecule is O=CNNc1ccc([N+](=O)[O-])cc1Cl. The number of nitro groups is 1. The van der Waals surface area contributed by atoms with Gasteiger partial charge >= 0.3 is 0 Å². The first-order valence-electron chi connectivity index (χ1n) is 3.54. The quantitative estimate of drug-likeness (QED) is 0.451. The summed E-state index contributed by atoms with van der Waals surface area (Å²) in [7, 11) is 0. The lowest BCUT2D eigenvalue weighted by molar-refractivity contribution is -0.384. The number of benzene rings is 1. The number of halogens is 1. The predicted molar refractivity (Wildman–Crippen MR) is 50.9 cm³/mol. The molecule has 0 saturated heterocycles. The maximum Gasteiger partial charge on any atom is 0.271 e. The maximum absolute atomic E-state index is 10.3. The Labute approximate surface area is 84.0 Å². The average Bonchev–Trinajstić information content (AvgIpc) is 2.15. The van der Waals surface area contributed by atoms with Gasteiger partial charge in [-0.2, -0.15) is 0 Å². The van der Waals surface area contributed by atoms with Crippen LogP contribution in [-0.4, -0.2) is 11.3 Å². The molecule has 1 rings (SSSR count). The van der Waals surface area contributed by atoms with Crippen molar-refractivity contribution in [3.8, 4) is 0 Å². The van der Waals surface area contributed by atoms with Gasteiger partial charge in [-0.25, -0.2) is 0 Å². The number of anilines is 1. The number of hydrogen-bond acceptors (Lipinski definition) is 4. The van der Waals surface area contributed by atoms with E-state index < -0.39 is 4.92 Å². The number of nitrogens with one attached hydrogen (secondary N) is 2. The molecule has 0 aliphatic heterocycles. The van der Waals surface area contributed by atoms with E-state index in [2.05, 4.69) is 10.9 Å². The van der Waals surface area contributed by atoms with Crippen LogP contribution in [0, 0.1) is 10.1 Å². The third-order valence-corrected chi connectivity index (χ3v) is 1.74. The summed E-state index contributed by atoms with van der Waals surface area (Å²) in [5, 5.41) is 10.5. The van der Waals surface area contributed by atoms with Crippen molar-refractivity contribution in [2.24, 2.45) is 0 Å². The molecular weight excluding hydrogens is 210 g/mol. The lowest BCUT2D eigenvalue weighted by Gasteiger charge is -2.05. The van der Waals surface area contributed by atoms with Gasteiger partial charge in [0, 0.05) is 12.1 Å². The Hall–Kier alpha value is -1.82. The molecule has 0 unspecified atom stereocenters. The monoisotopic (exact) mass is 215 g/mol. The summed E-state index contributed by atoms with van der Waals surface area (Å²) in [6.45, 7) is 0. The summed E-state index contributed by atoms with van der Waals surface area (Å²) in [5.41, 5.74) is 4.91. The summed E-state index contributed by atoms with van der Waals surface area (Å²) in [6.07, 6.45) is 0.428. The summed E-state index contributed by atoms with van der Waals surface area (Å²) in [4.78, 5) is 19.7. The van der Waals surface area contributed by atoms with E-state index in [1.807, 2.05) is 0 Å². The summed E-state index contributed by atoms with van der Waals surface area (Å²) < 4.78 is 0. The minimum absolute atomic E-state index is 0.105. The van der Waals surface area contributed by atoms with Crippen molar-refractivity contribution in [3.63, 3.8) is 0 Å². The van der Waals surface area contributed by atoms with Crippen LogP contribution >= 0.6 is 11.6 Å². The molecule has 1 amide bonds. The van der Waals surface area contributed by atoms with Gasteiger partial charge in [0.1, 0.15) is 0 Å². The third kappa shape index (κ3) is 2.33. The first-order chi connectivity index (χ1) is 6.65. The van der Waals surface area contributed by atoms with Crippen LogP contribution in [0.5, 0.6) is 0 Å². The molecule has 74 valence electrons. The van der Waals surface area contributed by atoms with Crippen molar-refractivity contribution in [2.75, 3.05) is 5.43 Å². The van der Waals surface area contributed by atoms with Crippen molar-refractivity contribution in [1.29, 1.82) is 0 Å². The summed E-state index contributed by atoms with van der Waals surface area (Å²) in [6, 6.07) is 3.87. The minimum atomic E-state index is -0.553. The topological polar surface area (TPSA) is 84.3 Å². The number of non-ortho nitro benzene ring substituents is 1. The highest BCUT2D eigenvalue weighted by Crippen LogP contribution is 2.25. The number of nitrogens with zero attached hydrogens (tertiary/aromatic N) is 1. The van der Waals surface area contributed by atoms with Gasteiger partial charge in [0.2, 0.25) is 6.41 Å². The van der Waals surface area contributed by atoms with E-state index >= 15 is 0 Å². The van der Waals surface area contributed by atoms with Crippen molar-refractivity contribution in [3.05, 3.63) is 33.3 Å². The average molecular weight is 216 g/mol. The highest BCUT2D eigenvalue weighted by atomic mass is 35.5. The van der Waals surface area contributed by atoms with Crippen LogP contribution in [0.15, 0.2) is 18.2 Å². The zero-order valence-electron chi connectivity index (χ0n) is 6.86. The molecule has 6 nitrogen and oxygen atoms in total. The van der Waals surface area contributed by atoms with Gasteiger partial charge in [-0.1, -0.05) is 11.6 Å². The first-order valence-corrected chi connectivity index (χ1v) is 3.92. The van der Waals surface area contributed by atoms with Crippen molar-refractivity contribution >= 4 is 29.4 Å². The molecule has 1 aromatic rings. The predicted octanol–water partition coefficient (Wildman–Crippen LogP) is 1.32. The fraction of sp³-hybridized carbons (Fsp3) is 0. The lowest BCUT2D eigenvalue weighted by Crippen LogP contribution is -2.19. The molecule has 0 spiro atoms. The summed E-state index contributed by atoms with van der Waals surface area (Å²) >= 11 is 5.69. The Morgan fingerprint density at radius 2 is 2.21 bits per heavy atom.